The summed E-state index contributed by atoms with van der Waals surface area (Å²) in [5.41, 5.74) is -0.248. The molecule has 0 saturated heterocycles. The average Bonchev–Trinajstić information content (AvgIpc) is 2.26. The molecule has 0 aliphatic rings. The van der Waals surface area contributed by atoms with Crippen molar-refractivity contribution in [2.75, 3.05) is 19.0 Å². The van der Waals surface area contributed by atoms with Crippen molar-refractivity contribution < 1.29 is 17.9 Å². The van der Waals surface area contributed by atoms with E-state index in [1.165, 1.54) is 0 Å². The maximum Gasteiger partial charge on any atom is 0.416 e. The van der Waals surface area contributed by atoms with Crippen molar-refractivity contribution >= 4 is 21.6 Å². The topological polar surface area (TPSA) is 21.3 Å². The van der Waals surface area contributed by atoms with E-state index < -0.39 is 11.7 Å². The number of hydrogen-bond acceptors (Lipinski definition) is 2. The lowest BCUT2D eigenvalue weighted by molar-refractivity contribution is -0.137. The Bertz CT molecular complexity index is 421. The van der Waals surface area contributed by atoms with Gasteiger partial charge in [-0.15, -0.1) is 0 Å². The van der Waals surface area contributed by atoms with Crippen molar-refractivity contribution in [3.05, 3.63) is 28.2 Å². The molecule has 0 spiro atoms. The van der Waals surface area contributed by atoms with E-state index in [1.807, 2.05) is 13.8 Å². The second-order valence-corrected chi connectivity index (χ2v) is 5.59. The molecular formula is C13H17BrF3NO. The molecule has 108 valence electrons. The van der Waals surface area contributed by atoms with Gasteiger partial charge in [-0.25, -0.2) is 0 Å². The van der Waals surface area contributed by atoms with Crippen LogP contribution in [0.1, 0.15) is 19.4 Å². The Kier molecular flexibility index (Phi) is 5.67. The lowest BCUT2D eigenvalue weighted by Crippen LogP contribution is -2.30. The first kappa shape index (κ1) is 16.3. The minimum absolute atomic E-state index is 0.0413. The lowest BCUT2D eigenvalue weighted by Gasteiger charge is -2.23. The van der Waals surface area contributed by atoms with Gasteiger partial charge in [-0.3, -0.25) is 0 Å². The van der Waals surface area contributed by atoms with E-state index in [-0.39, 0.29) is 12.0 Å². The molecule has 0 radical (unpaired) electrons. The number of halogens is 4. The number of hydrogen-bond donors (Lipinski definition) is 1. The van der Waals surface area contributed by atoms with Gasteiger partial charge < -0.3 is 10.1 Å². The summed E-state index contributed by atoms with van der Waals surface area (Å²) < 4.78 is 43.6. The Morgan fingerprint density at radius 3 is 2.37 bits per heavy atom. The van der Waals surface area contributed by atoms with Gasteiger partial charge in [0.05, 0.1) is 18.2 Å². The highest BCUT2D eigenvalue weighted by Gasteiger charge is 2.31. The lowest BCUT2D eigenvalue weighted by atomic mass is 10.0. The summed E-state index contributed by atoms with van der Waals surface area (Å²) >= 11 is 3.10. The van der Waals surface area contributed by atoms with Crippen molar-refractivity contribution in [2.45, 2.75) is 26.1 Å². The zero-order valence-electron chi connectivity index (χ0n) is 11.0. The molecule has 0 saturated carbocycles. The monoisotopic (exact) mass is 339 g/mol. The fourth-order valence-corrected chi connectivity index (χ4v) is 2.12. The highest BCUT2D eigenvalue weighted by atomic mass is 79.9. The summed E-state index contributed by atoms with van der Waals surface area (Å²) in [5.74, 6) is 0.244. The van der Waals surface area contributed by atoms with E-state index in [4.69, 9.17) is 4.74 Å². The average molecular weight is 340 g/mol. The molecule has 2 nitrogen and oxygen atoms in total. The predicted octanol–water partition coefficient (Wildman–Crippen LogP) is 4.55. The van der Waals surface area contributed by atoms with Crippen LogP contribution in [-0.2, 0) is 10.9 Å². The Hall–Kier alpha value is -0.750. The van der Waals surface area contributed by atoms with Crippen LogP contribution in [0.5, 0.6) is 0 Å². The third-order valence-corrected chi connectivity index (χ3v) is 3.19. The van der Waals surface area contributed by atoms with Crippen LogP contribution < -0.4 is 5.32 Å². The molecule has 0 aromatic heterocycles. The highest BCUT2D eigenvalue weighted by Crippen LogP contribution is 2.33. The first-order chi connectivity index (χ1) is 8.74. The smallest absolute Gasteiger partial charge is 0.383 e. The predicted molar refractivity (Wildman–Crippen MR) is 73.3 cm³/mol. The number of rotatable bonds is 5. The van der Waals surface area contributed by atoms with Gasteiger partial charge >= 0.3 is 6.18 Å². The molecule has 1 atom stereocenters. The largest absolute Gasteiger partial charge is 0.416 e. The molecule has 6 heteroatoms. The number of anilines is 1. The van der Waals surface area contributed by atoms with Crippen LogP contribution in [0.15, 0.2) is 22.7 Å². The van der Waals surface area contributed by atoms with Gasteiger partial charge in [0.15, 0.2) is 0 Å². The zero-order valence-corrected chi connectivity index (χ0v) is 12.6. The normalized spacial score (nSPS) is 13.7. The SMILES string of the molecule is COCC(Nc1cc(Br)cc(C(F)(F)F)c1)C(C)C. The van der Waals surface area contributed by atoms with Crippen LogP contribution >= 0.6 is 15.9 Å². The molecule has 1 aromatic rings. The van der Waals surface area contributed by atoms with Crippen LogP contribution in [0, 0.1) is 5.92 Å². The quantitative estimate of drug-likeness (QED) is 0.849. The Morgan fingerprint density at radius 2 is 1.89 bits per heavy atom. The van der Waals surface area contributed by atoms with Crippen LogP contribution in [0.25, 0.3) is 0 Å². The molecular weight excluding hydrogens is 323 g/mol. The van der Waals surface area contributed by atoms with Crippen molar-refractivity contribution in [1.82, 2.24) is 0 Å². The summed E-state index contributed by atoms with van der Waals surface area (Å²) in [7, 11) is 1.57. The number of nitrogens with one attached hydrogen (secondary N) is 1. The molecule has 0 fully saturated rings. The van der Waals surface area contributed by atoms with Gasteiger partial charge in [-0.05, 0) is 24.1 Å². The molecule has 19 heavy (non-hydrogen) atoms. The molecule has 0 heterocycles. The fourth-order valence-electron chi connectivity index (χ4n) is 1.63. The van der Waals surface area contributed by atoms with E-state index in [9.17, 15) is 13.2 Å². The molecule has 1 N–H and O–H groups in total. The number of alkyl halides is 3. The van der Waals surface area contributed by atoms with E-state index in [0.717, 1.165) is 12.1 Å². The second kappa shape index (κ2) is 6.61. The van der Waals surface area contributed by atoms with Crippen molar-refractivity contribution in [1.29, 1.82) is 0 Å². The third kappa shape index (κ3) is 5.03. The first-order valence-corrected chi connectivity index (χ1v) is 6.66. The molecule has 0 aliphatic heterocycles. The van der Waals surface area contributed by atoms with Crippen molar-refractivity contribution in [3.8, 4) is 0 Å². The molecule has 0 aliphatic carbocycles. The standard InChI is InChI=1S/C13H17BrF3NO/c1-8(2)12(7-19-3)18-11-5-9(13(15,16)17)4-10(14)6-11/h4-6,8,12,18H,7H2,1-3H3. The number of ether oxygens (including phenoxy) is 1. The minimum Gasteiger partial charge on any atom is -0.383 e. The van der Waals surface area contributed by atoms with Crippen LogP contribution in [-0.4, -0.2) is 19.8 Å². The first-order valence-electron chi connectivity index (χ1n) is 5.87. The summed E-state index contributed by atoms with van der Waals surface area (Å²) in [4.78, 5) is 0. The summed E-state index contributed by atoms with van der Waals surface area (Å²) in [6.07, 6.45) is -4.35. The van der Waals surface area contributed by atoms with E-state index in [1.54, 1.807) is 13.2 Å². The second-order valence-electron chi connectivity index (χ2n) is 4.68. The third-order valence-electron chi connectivity index (χ3n) is 2.73. The van der Waals surface area contributed by atoms with Gasteiger partial charge in [0.2, 0.25) is 0 Å². The van der Waals surface area contributed by atoms with Crippen molar-refractivity contribution in [3.63, 3.8) is 0 Å². The van der Waals surface area contributed by atoms with Gasteiger partial charge in [-0.1, -0.05) is 29.8 Å². The van der Waals surface area contributed by atoms with Crippen LogP contribution in [0.3, 0.4) is 0 Å². The number of benzene rings is 1. The summed E-state index contributed by atoms with van der Waals surface area (Å²) in [6, 6.07) is 3.75. The molecule has 0 bridgehead atoms. The molecule has 1 aromatic carbocycles. The fraction of sp³-hybridized carbons (Fsp3) is 0.538. The molecule has 1 rings (SSSR count). The summed E-state index contributed by atoms with van der Waals surface area (Å²) in [5, 5.41) is 3.08. The maximum absolute atomic E-state index is 12.7. The Balaban J connectivity index is 2.97. The van der Waals surface area contributed by atoms with Gasteiger partial charge in [-0.2, -0.15) is 13.2 Å². The van der Waals surface area contributed by atoms with Gasteiger partial charge in [0.1, 0.15) is 0 Å². The Labute approximate surface area is 119 Å². The Morgan fingerprint density at radius 1 is 1.26 bits per heavy atom. The van der Waals surface area contributed by atoms with E-state index in [2.05, 4.69) is 21.2 Å². The maximum atomic E-state index is 12.7. The van der Waals surface area contributed by atoms with Gasteiger partial charge in [0.25, 0.3) is 0 Å². The van der Waals surface area contributed by atoms with E-state index >= 15 is 0 Å². The minimum atomic E-state index is -4.35. The number of methoxy groups -OCH3 is 1. The van der Waals surface area contributed by atoms with Crippen molar-refractivity contribution in [2.24, 2.45) is 5.92 Å². The molecule has 1 unspecified atom stereocenters. The van der Waals surface area contributed by atoms with Gasteiger partial charge in [0, 0.05) is 17.3 Å². The van der Waals surface area contributed by atoms with Crippen LogP contribution in [0.2, 0.25) is 0 Å². The highest BCUT2D eigenvalue weighted by molar-refractivity contribution is 9.10. The van der Waals surface area contributed by atoms with Crippen LogP contribution in [0.4, 0.5) is 18.9 Å². The summed E-state index contributed by atoms with van der Waals surface area (Å²) in [6.45, 7) is 4.41. The molecule has 0 amide bonds. The zero-order chi connectivity index (χ0) is 14.6. The van der Waals surface area contributed by atoms with E-state index in [0.29, 0.717) is 16.8 Å².